The fraction of sp³-hybridized carbons (Fsp3) is 0.227. The fourth-order valence-electron chi connectivity index (χ4n) is 3.27. The Morgan fingerprint density at radius 2 is 1.97 bits per heavy atom. The normalized spacial score (nSPS) is 10.8. The number of carbonyl (C=O) groups excluding carboxylic acids is 1. The number of ketones is 1. The van der Waals surface area contributed by atoms with Crippen LogP contribution in [0.25, 0.3) is 22.6 Å². The van der Waals surface area contributed by atoms with Gasteiger partial charge in [-0.1, -0.05) is 43.3 Å². The van der Waals surface area contributed by atoms with E-state index in [1.54, 1.807) is 0 Å². The van der Waals surface area contributed by atoms with Gasteiger partial charge >= 0.3 is 0 Å². The largest absolute Gasteiger partial charge is 0.364 e. The average molecular weight is 400 g/mol. The Labute approximate surface area is 173 Å². The van der Waals surface area contributed by atoms with E-state index in [0.717, 1.165) is 17.5 Å². The van der Waals surface area contributed by atoms with Crippen LogP contribution in [0.4, 0.5) is 5.82 Å². The van der Waals surface area contributed by atoms with E-state index in [2.05, 4.69) is 33.6 Å². The zero-order chi connectivity index (χ0) is 20.9. The highest BCUT2D eigenvalue weighted by molar-refractivity contribution is 5.97. The van der Waals surface area contributed by atoms with Crippen molar-refractivity contribution in [1.29, 1.82) is 5.26 Å². The number of benzene rings is 2. The summed E-state index contributed by atoms with van der Waals surface area (Å²) >= 11 is 0. The zero-order valence-electron chi connectivity index (χ0n) is 16.5. The van der Waals surface area contributed by atoms with Crippen LogP contribution < -0.4 is 5.32 Å². The molecule has 8 heteroatoms. The molecule has 0 saturated carbocycles. The highest BCUT2D eigenvalue weighted by Crippen LogP contribution is 2.28. The lowest BCUT2D eigenvalue weighted by atomic mass is 10.1. The predicted octanol–water partition coefficient (Wildman–Crippen LogP) is 3.86. The van der Waals surface area contributed by atoms with Crippen LogP contribution in [0.15, 0.2) is 53.2 Å². The second kappa shape index (κ2) is 8.57. The molecule has 2 aromatic carbocycles. The second-order valence-corrected chi connectivity index (χ2v) is 6.78. The van der Waals surface area contributed by atoms with Crippen molar-refractivity contribution >= 4 is 22.6 Å². The predicted molar refractivity (Wildman–Crippen MR) is 112 cm³/mol. The van der Waals surface area contributed by atoms with Crippen molar-refractivity contribution in [2.24, 2.45) is 0 Å². The third kappa shape index (κ3) is 3.78. The molecule has 0 aliphatic carbocycles. The molecule has 2 heterocycles. The zero-order valence-corrected chi connectivity index (χ0v) is 16.5. The Bertz CT molecular complexity index is 1220. The van der Waals surface area contributed by atoms with Gasteiger partial charge in [-0.05, 0) is 34.4 Å². The van der Waals surface area contributed by atoms with Crippen LogP contribution in [0.5, 0.6) is 0 Å². The lowest BCUT2D eigenvalue weighted by Crippen LogP contribution is -2.12. The maximum absolute atomic E-state index is 13.0. The van der Waals surface area contributed by atoms with Gasteiger partial charge in [-0.15, -0.1) is 0 Å². The number of fused-ring (bicyclic) bond motifs is 1. The van der Waals surface area contributed by atoms with Crippen molar-refractivity contribution in [2.75, 3.05) is 11.9 Å². The van der Waals surface area contributed by atoms with Gasteiger partial charge in [0.15, 0.2) is 17.3 Å². The monoisotopic (exact) mass is 400 g/mol. The van der Waals surface area contributed by atoms with Crippen molar-refractivity contribution in [3.8, 4) is 17.6 Å². The summed E-state index contributed by atoms with van der Waals surface area (Å²) in [5.74, 6) is 0.842. The van der Waals surface area contributed by atoms with E-state index in [0.29, 0.717) is 35.9 Å². The number of hydrogen-bond donors (Lipinski definition) is 1. The molecule has 0 aliphatic heterocycles. The number of anilines is 1. The van der Waals surface area contributed by atoms with Gasteiger partial charge in [0.1, 0.15) is 0 Å². The summed E-state index contributed by atoms with van der Waals surface area (Å²) in [6.45, 7) is 2.58. The number of nitrogens with one attached hydrogen (secondary N) is 1. The maximum atomic E-state index is 13.0. The van der Waals surface area contributed by atoms with Gasteiger partial charge < -0.3 is 9.88 Å². The topological polar surface area (TPSA) is 110 Å². The Hall–Kier alpha value is -3.99. The van der Waals surface area contributed by atoms with Crippen molar-refractivity contribution < 1.29 is 9.42 Å². The number of nitrogens with zero attached hydrogens (tertiary/aromatic N) is 5. The van der Waals surface area contributed by atoms with E-state index in [9.17, 15) is 4.79 Å². The number of nitriles is 1. The van der Waals surface area contributed by atoms with E-state index in [-0.39, 0.29) is 12.3 Å². The number of hydrogen-bond acceptors (Lipinski definition) is 7. The molecule has 8 nitrogen and oxygen atoms in total. The fourth-order valence-corrected chi connectivity index (χ4v) is 3.27. The molecular weight excluding hydrogens is 380 g/mol. The summed E-state index contributed by atoms with van der Waals surface area (Å²) in [5, 5.41) is 19.7. The number of para-hydroxylation sites is 2. The molecule has 1 N–H and O–H groups in total. The molecule has 0 fully saturated rings. The molecule has 4 aromatic rings. The Kier molecular flexibility index (Phi) is 5.52. The molecule has 0 atom stereocenters. The van der Waals surface area contributed by atoms with Gasteiger partial charge in [0.25, 0.3) is 0 Å². The first kappa shape index (κ1) is 19.3. The SMILES string of the molecule is CCc1ccc(C(=O)Cn2c(-c3nonc3NCCC#N)nc3ccccc32)cc1. The standard InChI is InChI=1S/C22H20N6O2/c1-2-15-8-10-16(11-9-15)19(29)14-28-18-7-4-3-6-17(18)25-22(28)20-21(27-30-26-20)24-13-5-12-23/h3-4,6-11H,2,5,13-14H2,1H3,(H,24,27). The number of aryl methyl sites for hydroxylation is 1. The molecule has 0 unspecified atom stereocenters. The van der Waals surface area contributed by atoms with Gasteiger partial charge in [0.2, 0.25) is 5.82 Å². The summed E-state index contributed by atoms with van der Waals surface area (Å²) in [6, 6.07) is 17.3. The van der Waals surface area contributed by atoms with E-state index in [1.165, 1.54) is 5.56 Å². The second-order valence-electron chi connectivity index (χ2n) is 6.78. The molecule has 30 heavy (non-hydrogen) atoms. The summed E-state index contributed by atoms with van der Waals surface area (Å²) in [5.41, 5.74) is 3.78. The van der Waals surface area contributed by atoms with Gasteiger partial charge in [0.05, 0.1) is 30.1 Å². The number of Topliss-reactive ketones (excluding diaryl/α,β-unsaturated/α-hetero) is 1. The number of aromatic nitrogens is 4. The molecule has 0 radical (unpaired) electrons. The minimum Gasteiger partial charge on any atom is -0.364 e. The van der Waals surface area contributed by atoms with Gasteiger partial charge in [-0.2, -0.15) is 5.26 Å². The minimum absolute atomic E-state index is 0.0301. The molecule has 2 aromatic heterocycles. The first-order valence-electron chi connectivity index (χ1n) is 9.72. The Balaban J connectivity index is 1.72. The number of carbonyl (C=O) groups is 1. The van der Waals surface area contributed by atoms with Crippen molar-refractivity contribution in [1.82, 2.24) is 19.9 Å². The first-order valence-corrected chi connectivity index (χ1v) is 9.72. The summed E-state index contributed by atoms with van der Waals surface area (Å²) in [7, 11) is 0. The van der Waals surface area contributed by atoms with Gasteiger partial charge in [-0.25, -0.2) is 9.61 Å². The smallest absolute Gasteiger partial charge is 0.202 e. The van der Waals surface area contributed by atoms with Crippen molar-refractivity contribution in [3.63, 3.8) is 0 Å². The number of rotatable bonds is 8. The van der Waals surface area contributed by atoms with E-state index in [1.807, 2.05) is 53.1 Å². The highest BCUT2D eigenvalue weighted by atomic mass is 16.6. The van der Waals surface area contributed by atoms with Crippen LogP contribution in [0.2, 0.25) is 0 Å². The molecule has 0 aliphatic rings. The van der Waals surface area contributed by atoms with E-state index >= 15 is 0 Å². The molecule has 0 bridgehead atoms. The quantitative estimate of drug-likeness (QED) is 0.353. The van der Waals surface area contributed by atoms with Crippen LogP contribution >= 0.6 is 0 Å². The Morgan fingerprint density at radius 3 is 2.73 bits per heavy atom. The minimum atomic E-state index is -0.0301. The maximum Gasteiger partial charge on any atom is 0.202 e. The molecule has 0 saturated heterocycles. The molecular formula is C22H20N6O2. The average Bonchev–Trinajstić information content (AvgIpc) is 3.38. The van der Waals surface area contributed by atoms with Crippen LogP contribution in [-0.4, -0.2) is 32.2 Å². The van der Waals surface area contributed by atoms with Crippen molar-refractivity contribution in [3.05, 3.63) is 59.7 Å². The molecule has 150 valence electrons. The molecule has 0 amide bonds. The van der Waals surface area contributed by atoms with Crippen LogP contribution in [-0.2, 0) is 13.0 Å². The van der Waals surface area contributed by atoms with Crippen LogP contribution in [0, 0.1) is 11.3 Å². The van der Waals surface area contributed by atoms with Crippen molar-refractivity contribution in [2.45, 2.75) is 26.3 Å². The van der Waals surface area contributed by atoms with E-state index in [4.69, 9.17) is 9.89 Å². The first-order chi connectivity index (χ1) is 14.7. The van der Waals surface area contributed by atoms with Gasteiger partial charge in [0, 0.05) is 12.1 Å². The van der Waals surface area contributed by atoms with Crippen LogP contribution in [0.3, 0.4) is 0 Å². The summed E-state index contributed by atoms with van der Waals surface area (Å²) in [6.07, 6.45) is 1.24. The number of imidazole rings is 1. The molecule has 4 rings (SSSR count). The lowest BCUT2D eigenvalue weighted by molar-refractivity contribution is 0.0974. The lowest BCUT2D eigenvalue weighted by Gasteiger charge is -2.09. The third-order valence-electron chi connectivity index (χ3n) is 4.87. The summed E-state index contributed by atoms with van der Waals surface area (Å²) in [4.78, 5) is 17.7. The van der Waals surface area contributed by atoms with E-state index < -0.39 is 0 Å². The third-order valence-corrected chi connectivity index (χ3v) is 4.87. The summed E-state index contributed by atoms with van der Waals surface area (Å²) < 4.78 is 6.73. The highest BCUT2D eigenvalue weighted by Gasteiger charge is 2.22. The van der Waals surface area contributed by atoms with Gasteiger partial charge in [-0.3, -0.25) is 4.79 Å². The molecule has 0 spiro atoms. The Morgan fingerprint density at radius 1 is 1.17 bits per heavy atom. The van der Waals surface area contributed by atoms with Crippen LogP contribution in [0.1, 0.15) is 29.3 Å².